The lowest BCUT2D eigenvalue weighted by atomic mass is 9.94. The smallest absolute Gasteiger partial charge is 0.0700 e. The molecule has 0 heterocycles. The molecule has 108 valence electrons. The van der Waals surface area contributed by atoms with E-state index in [0.29, 0.717) is 19.1 Å². The lowest BCUT2D eigenvalue weighted by Gasteiger charge is -2.18. The molecule has 0 saturated carbocycles. The lowest BCUT2D eigenvalue weighted by molar-refractivity contribution is 0.0670. The van der Waals surface area contributed by atoms with Gasteiger partial charge in [-0.25, -0.2) is 0 Å². The molecule has 3 heteroatoms. The number of methoxy groups -OCH3 is 1. The molecule has 0 bridgehead atoms. The fraction of sp³-hybridized carbons (Fsp3) is 0.625. The van der Waals surface area contributed by atoms with Crippen LogP contribution in [-0.4, -0.2) is 40.0 Å². The van der Waals surface area contributed by atoms with Crippen LogP contribution in [0.2, 0.25) is 0 Å². The average molecular weight is 265 g/mol. The first kappa shape index (κ1) is 16.2. The molecular weight excluding hydrogens is 238 g/mol. The van der Waals surface area contributed by atoms with Crippen LogP contribution in [-0.2, 0) is 9.47 Å². The normalized spacial score (nSPS) is 12.6. The predicted octanol–water partition coefficient (Wildman–Crippen LogP) is 2.74. The minimum atomic E-state index is 0.516. The van der Waals surface area contributed by atoms with Gasteiger partial charge in [-0.1, -0.05) is 36.8 Å². The van der Waals surface area contributed by atoms with Gasteiger partial charge in [0.05, 0.1) is 13.2 Å². The summed E-state index contributed by atoms with van der Waals surface area (Å²) in [5.74, 6) is 0.516. The van der Waals surface area contributed by atoms with Crippen molar-refractivity contribution < 1.29 is 9.47 Å². The Hall–Kier alpha value is -0.900. The molecule has 1 rings (SSSR count). The molecule has 0 aromatic heterocycles. The summed E-state index contributed by atoms with van der Waals surface area (Å²) < 4.78 is 10.6. The second-order valence-corrected chi connectivity index (χ2v) is 4.81. The fourth-order valence-corrected chi connectivity index (χ4v) is 2.10. The zero-order chi connectivity index (χ0) is 13.9. The molecule has 0 aliphatic carbocycles. The van der Waals surface area contributed by atoms with E-state index in [-0.39, 0.29) is 0 Å². The summed E-state index contributed by atoms with van der Waals surface area (Å²) >= 11 is 0. The van der Waals surface area contributed by atoms with Crippen LogP contribution in [0.5, 0.6) is 0 Å². The molecule has 0 aliphatic heterocycles. The molecule has 0 fully saturated rings. The summed E-state index contributed by atoms with van der Waals surface area (Å²) in [7, 11) is 1.70. The Morgan fingerprint density at radius 1 is 1.21 bits per heavy atom. The first-order valence-corrected chi connectivity index (χ1v) is 7.12. The van der Waals surface area contributed by atoms with Crippen LogP contribution in [0, 0.1) is 6.92 Å². The first-order chi connectivity index (χ1) is 9.27. The quantitative estimate of drug-likeness (QED) is 0.660. The zero-order valence-electron chi connectivity index (χ0n) is 12.4. The predicted molar refractivity (Wildman–Crippen MR) is 79.8 cm³/mol. The third kappa shape index (κ3) is 6.71. The molecule has 0 saturated heterocycles. The van der Waals surface area contributed by atoms with E-state index in [2.05, 4.69) is 43.4 Å². The molecule has 1 atom stereocenters. The van der Waals surface area contributed by atoms with Crippen molar-refractivity contribution in [1.82, 2.24) is 5.32 Å². The molecular formula is C16H27NO2. The number of hydrogen-bond donors (Lipinski definition) is 1. The second-order valence-electron chi connectivity index (χ2n) is 4.81. The Morgan fingerprint density at radius 3 is 2.74 bits per heavy atom. The van der Waals surface area contributed by atoms with Crippen LogP contribution in [0.15, 0.2) is 24.3 Å². The van der Waals surface area contributed by atoms with Crippen molar-refractivity contribution in [3.05, 3.63) is 35.4 Å². The first-order valence-electron chi connectivity index (χ1n) is 7.12. The Morgan fingerprint density at radius 2 is 2.05 bits per heavy atom. The number of nitrogens with one attached hydrogen (secondary N) is 1. The molecule has 1 aromatic rings. The van der Waals surface area contributed by atoms with Crippen LogP contribution in [0.25, 0.3) is 0 Å². The maximum Gasteiger partial charge on any atom is 0.0700 e. The highest BCUT2D eigenvalue weighted by Gasteiger charge is 2.11. The summed E-state index contributed by atoms with van der Waals surface area (Å²) in [6.45, 7) is 8.43. The van der Waals surface area contributed by atoms with Gasteiger partial charge in [0.1, 0.15) is 0 Å². The van der Waals surface area contributed by atoms with E-state index in [1.165, 1.54) is 11.1 Å². The van der Waals surface area contributed by atoms with Gasteiger partial charge in [0.25, 0.3) is 0 Å². The number of hydrogen-bond acceptors (Lipinski definition) is 3. The number of benzene rings is 1. The largest absolute Gasteiger partial charge is 0.382 e. The van der Waals surface area contributed by atoms with E-state index in [1.807, 2.05) is 0 Å². The van der Waals surface area contributed by atoms with Crippen molar-refractivity contribution in [3.8, 4) is 0 Å². The standard InChI is InChI=1S/C16H27NO2/c1-4-17-13-16(8-9-19-11-10-18-3)15-7-5-6-14(2)12-15/h5-7,12,16-17H,4,8-11,13H2,1-3H3. The van der Waals surface area contributed by atoms with Crippen LogP contribution in [0.4, 0.5) is 0 Å². The Labute approximate surface area is 117 Å². The summed E-state index contributed by atoms with van der Waals surface area (Å²) in [5, 5.41) is 3.44. The summed E-state index contributed by atoms with van der Waals surface area (Å²) in [5.41, 5.74) is 2.72. The summed E-state index contributed by atoms with van der Waals surface area (Å²) in [4.78, 5) is 0. The molecule has 0 radical (unpaired) electrons. The van der Waals surface area contributed by atoms with Gasteiger partial charge in [-0.15, -0.1) is 0 Å². The molecule has 0 aliphatic rings. The minimum absolute atomic E-state index is 0.516. The topological polar surface area (TPSA) is 30.5 Å². The summed E-state index contributed by atoms with van der Waals surface area (Å²) in [6.07, 6.45) is 1.04. The minimum Gasteiger partial charge on any atom is -0.382 e. The van der Waals surface area contributed by atoms with Crippen molar-refractivity contribution in [2.24, 2.45) is 0 Å². The van der Waals surface area contributed by atoms with Crippen molar-refractivity contribution in [2.75, 3.05) is 40.0 Å². The molecule has 0 amide bonds. The molecule has 1 aromatic carbocycles. The van der Waals surface area contributed by atoms with Gasteiger partial charge >= 0.3 is 0 Å². The van der Waals surface area contributed by atoms with Gasteiger partial charge in [-0.3, -0.25) is 0 Å². The SMILES string of the molecule is CCNCC(CCOCCOC)c1cccc(C)c1. The van der Waals surface area contributed by atoms with Crippen molar-refractivity contribution >= 4 is 0 Å². The maximum absolute atomic E-state index is 5.58. The third-order valence-electron chi connectivity index (χ3n) is 3.20. The Kier molecular flexibility index (Phi) is 8.47. The van der Waals surface area contributed by atoms with Crippen LogP contribution in [0.1, 0.15) is 30.4 Å². The van der Waals surface area contributed by atoms with E-state index >= 15 is 0 Å². The second kappa shape index (κ2) is 9.96. The highest BCUT2D eigenvalue weighted by atomic mass is 16.5. The van der Waals surface area contributed by atoms with Gasteiger partial charge in [0.15, 0.2) is 0 Å². The van der Waals surface area contributed by atoms with Gasteiger partial charge in [-0.05, 0) is 31.4 Å². The van der Waals surface area contributed by atoms with E-state index in [1.54, 1.807) is 7.11 Å². The van der Waals surface area contributed by atoms with Crippen LogP contribution < -0.4 is 5.32 Å². The lowest BCUT2D eigenvalue weighted by Crippen LogP contribution is -2.22. The average Bonchev–Trinajstić information content (AvgIpc) is 2.42. The fourth-order valence-electron chi connectivity index (χ4n) is 2.10. The van der Waals surface area contributed by atoms with Crippen molar-refractivity contribution in [1.29, 1.82) is 0 Å². The maximum atomic E-state index is 5.58. The van der Waals surface area contributed by atoms with Crippen LogP contribution >= 0.6 is 0 Å². The van der Waals surface area contributed by atoms with Gasteiger partial charge in [-0.2, -0.15) is 0 Å². The summed E-state index contributed by atoms with van der Waals surface area (Å²) in [6, 6.07) is 8.76. The van der Waals surface area contributed by atoms with Gasteiger partial charge in [0.2, 0.25) is 0 Å². The Balaban J connectivity index is 2.47. The van der Waals surface area contributed by atoms with E-state index < -0.39 is 0 Å². The van der Waals surface area contributed by atoms with E-state index in [0.717, 1.165) is 26.1 Å². The number of aryl methyl sites for hydroxylation is 1. The van der Waals surface area contributed by atoms with E-state index in [9.17, 15) is 0 Å². The molecule has 1 unspecified atom stereocenters. The zero-order valence-corrected chi connectivity index (χ0v) is 12.4. The molecule has 0 spiro atoms. The van der Waals surface area contributed by atoms with Crippen molar-refractivity contribution in [3.63, 3.8) is 0 Å². The van der Waals surface area contributed by atoms with Gasteiger partial charge in [0, 0.05) is 20.3 Å². The van der Waals surface area contributed by atoms with Crippen molar-refractivity contribution in [2.45, 2.75) is 26.2 Å². The highest BCUT2D eigenvalue weighted by Crippen LogP contribution is 2.20. The number of likely N-dealkylation sites (N-methyl/N-ethyl adjacent to an activating group) is 1. The van der Waals surface area contributed by atoms with Gasteiger partial charge < -0.3 is 14.8 Å². The molecule has 3 nitrogen and oxygen atoms in total. The Bertz CT molecular complexity index is 341. The monoisotopic (exact) mass is 265 g/mol. The molecule has 19 heavy (non-hydrogen) atoms. The third-order valence-corrected chi connectivity index (χ3v) is 3.20. The number of rotatable bonds is 10. The number of ether oxygens (including phenoxy) is 2. The highest BCUT2D eigenvalue weighted by molar-refractivity contribution is 5.25. The van der Waals surface area contributed by atoms with Crippen LogP contribution in [0.3, 0.4) is 0 Å². The molecule has 1 N–H and O–H groups in total. The van der Waals surface area contributed by atoms with E-state index in [4.69, 9.17) is 9.47 Å².